The summed E-state index contributed by atoms with van der Waals surface area (Å²) in [6, 6.07) is 9.61. The van der Waals surface area contributed by atoms with Gasteiger partial charge in [0.1, 0.15) is 0 Å². The summed E-state index contributed by atoms with van der Waals surface area (Å²) in [5.41, 5.74) is 2.62. The van der Waals surface area contributed by atoms with Crippen molar-refractivity contribution in [3.63, 3.8) is 0 Å². The lowest BCUT2D eigenvalue weighted by atomic mass is 10.1. The number of aromatic nitrogens is 2. The minimum absolute atomic E-state index is 0.322. The monoisotopic (exact) mass is 299 g/mol. The van der Waals surface area contributed by atoms with Crippen LogP contribution < -0.4 is 5.32 Å². The van der Waals surface area contributed by atoms with Crippen molar-refractivity contribution in [1.82, 2.24) is 15.1 Å². The molecule has 1 fully saturated rings. The predicted octanol–water partition coefficient (Wildman–Crippen LogP) is 2.99. The van der Waals surface area contributed by atoms with Crippen molar-refractivity contribution in [3.05, 3.63) is 53.3 Å². The van der Waals surface area contributed by atoms with Gasteiger partial charge in [-0.15, -0.1) is 0 Å². The smallest absolute Gasteiger partial charge is 0.335 e. The molecule has 2 aromatic rings. The first kappa shape index (κ1) is 14.8. The van der Waals surface area contributed by atoms with Gasteiger partial charge in [0.25, 0.3) is 0 Å². The average molecular weight is 299 g/mol. The molecule has 0 amide bonds. The Hall–Kier alpha value is -2.14. The molecule has 0 bridgehead atoms. The van der Waals surface area contributed by atoms with E-state index >= 15 is 0 Å². The highest BCUT2D eigenvalue weighted by atomic mass is 16.4. The predicted molar refractivity (Wildman–Crippen MR) is 83.7 cm³/mol. The van der Waals surface area contributed by atoms with Gasteiger partial charge in [-0.05, 0) is 36.6 Å². The van der Waals surface area contributed by atoms with Crippen LogP contribution in [0.3, 0.4) is 0 Å². The number of nitrogens with zero attached hydrogens (tertiary/aromatic N) is 2. The molecule has 0 atom stereocenters. The maximum absolute atomic E-state index is 10.8. The van der Waals surface area contributed by atoms with Crippen LogP contribution in [-0.2, 0) is 13.1 Å². The van der Waals surface area contributed by atoms with E-state index < -0.39 is 5.97 Å². The molecule has 0 unspecified atom stereocenters. The van der Waals surface area contributed by atoms with E-state index in [0.717, 1.165) is 18.7 Å². The van der Waals surface area contributed by atoms with Gasteiger partial charge in [-0.25, -0.2) is 4.79 Å². The maximum Gasteiger partial charge on any atom is 0.335 e. The molecule has 1 saturated carbocycles. The first-order valence-electron chi connectivity index (χ1n) is 7.79. The fourth-order valence-corrected chi connectivity index (χ4v) is 3.06. The van der Waals surface area contributed by atoms with Crippen molar-refractivity contribution >= 4 is 5.97 Å². The van der Waals surface area contributed by atoms with Crippen molar-refractivity contribution in [2.45, 2.75) is 44.8 Å². The second kappa shape index (κ2) is 6.75. The lowest BCUT2D eigenvalue weighted by Gasteiger charge is -2.14. The number of carboxylic acid groups (broad SMARTS) is 1. The number of aromatic carboxylic acids is 1. The standard InChI is InChI=1S/C17H21N3O2/c21-17(22)14-7-5-13(6-8-14)11-18-12-16-9-10-19-20(16)15-3-1-2-4-15/h5-10,15,18H,1-4,11-12H2,(H,21,22). The molecule has 1 aromatic carbocycles. The van der Waals surface area contributed by atoms with E-state index in [1.807, 2.05) is 18.3 Å². The fraction of sp³-hybridized carbons (Fsp3) is 0.412. The topological polar surface area (TPSA) is 67.2 Å². The summed E-state index contributed by atoms with van der Waals surface area (Å²) >= 11 is 0. The Morgan fingerprint density at radius 2 is 1.91 bits per heavy atom. The van der Waals surface area contributed by atoms with Gasteiger partial charge < -0.3 is 10.4 Å². The number of carbonyl (C=O) groups is 1. The Labute approximate surface area is 130 Å². The van der Waals surface area contributed by atoms with Gasteiger partial charge in [-0.2, -0.15) is 5.10 Å². The largest absolute Gasteiger partial charge is 0.478 e. The summed E-state index contributed by atoms with van der Waals surface area (Å²) in [7, 11) is 0. The molecule has 2 N–H and O–H groups in total. The van der Waals surface area contributed by atoms with Crippen molar-refractivity contribution in [3.8, 4) is 0 Å². The summed E-state index contributed by atoms with van der Waals surface area (Å²) in [6.45, 7) is 1.49. The minimum atomic E-state index is -0.889. The number of nitrogens with one attached hydrogen (secondary N) is 1. The number of rotatable bonds is 6. The SMILES string of the molecule is O=C(O)c1ccc(CNCc2ccnn2C2CCCC2)cc1. The van der Waals surface area contributed by atoms with Gasteiger partial charge in [0.15, 0.2) is 0 Å². The molecule has 1 heterocycles. The summed E-state index contributed by atoms with van der Waals surface area (Å²) in [4.78, 5) is 10.8. The first-order valence-corrected chi connectivity index (χ1v) is 7.79. The first-order chi connectivity index (χ1) is 10.7. The van der Waals surface area contributed by atoms with Crippen LogP contribution in [0.5, 0.6) is 0 Å². The Morgan fingerprint density at radius 3 is 2.59 bits per heavy atom. The molecule has 5 nitrogen and oxygen atoms in total. The van der Waals surface area contributed by atoms with E-state index in [4.69, 9.17) is 5.11 Å². The van der Waals surface area contributed by atoms with Crippen LogP contribution in [0.15, 0.2) is 36.5 Å². The van der Waals surface area contributed by atoms with E-state index in [-0.39, 0.29) is 0 Å². The number of benzene rings is 1. The van der Waals surface area contributed by atoms with Crippen LogP contribution in [0.2, 0.25) is 0 Å². The summed E-state index contributed by atoms with van der Waals surface area (Å²) < 4.78 is 2.16. The number of hydrogen-bond donors (Lipinski definition) is 2. The van der Waals surface area contributed by atoms with Crippen molar-refractivity contribution in [2.24, 2.45) is 0 Å². The lowest BCUT2D eigenvalue weighted by Crippen LogP contribution is -2.18. The third-order valence-corrected chi connectivity index (χ3v) is 4.26. The highest BCUT2D eigenvalue weighted by molar-refractivity contribution is 5.87. The number of hydrogen-bond acceptors (Lipinski definition) is 3. The molecule has 0 spiro atoms. The fourth-order valence-electron chi connectivity index (χ4n) is 3.06. The van der Waals surface area contributed by atoms with Crippen LogP contribution in [0.25, 0.3) is 0 Å². The molecule has 22 heavy (non-hydrogen) atoms. The highest BCUT2D eigenvalue weighted by Gasteiger charge is 2.19. The van der Waals surface area contributed by atoms with E-state index in [0.29, 0.717) is 11.6 Å². The molecule has 3 rings (SSSR count). The van der Waals surface area contributed by atoms with Gasteiger partial charge in [0, 0.05) is 19.3 Å². The minimum Gasteiger partial charge on any atom is -0.478 e. The van der Waals surface area contributed by atoms with Gasteiger partial charge in [-0.1, -0.05) is 25.0 Å². The van der Waals surface area contributed by atoms with Crippen molar-refractivity contribution < 1.29 is 9.90 Å². The molecule has 0 aliphatic heterocycles. The summed E-state index contributed by atoms with van der Waals surface area (Å²) in [5.74, 6) is -0.889. The zero-order valence-corrected chi connectivity index (χ0v) is 12.5. The molecule has 0 radical (unpaired) electrons. The Morgan fingerprint density at radius 1 is 1.18 bits per heavy atom. The third kappa shape index (κ3) is 3.36. The Bertz CT molecular complexity index is 628. The van der Waals surface area contributed by atoms with E-state index in [2.05, 4.69) is 21.2 Å². The second-order valence-electron chi connectivity index (χ2n) is 5.81. The van der Waals surface area contributed by atoms with Gasteiger partial charge in [0.2, 0.25) is 0 Å². The molecule has 1 aliphatic carbocycles. The van der Waals surface area contributed by atoms with Crippen LogP contribution >= 0.6 is 0 Å². The van der Waals surface area contributed by atoms with Crippen LogP contribution in [0.4, 0.5) is 0 Å². The highest BCUT2D eigenvalue weighted by Crippen LogP contribution is 2.29. The Kier molecular flexibility index (Phi) is 4.53. The zero-order chi connectivity index (χ0) is 15.4. The third-order valence-electron chi connectivity index (χ3n) is 4.26. The molecule has 0 saturated heterocycles. The summed E-state index contributed by atoms with van der Waals surface area (Å²) in [6.07, 6.45) is 6.92. The van der Waals surface area contributed by atoms with E-state index in [9.17, 15) is 4.79 Å². The van der Waals surface area contributed by atoms with Gasteiger partial charge >= 0.3 is 5.97 Å². The summed E-state index contributed by atoms with van der Waals surface area (Å²) in [5, 5.41) is 16.8. The van der Waals surface area contributed by atoms with Crippen LogP contribution in [-0.4, -0.2) is 20.9 Å². The maximum atomic E-state index is 10.8. The van der Waals surface area contributed by atoms with Gasteiger partial charge in [-0.3, -0.25) is 4.68 Å². The van der Waals surface area contributed by atoms with Crippen molar-refractivity contribution in [1.29, 1.82) is 0 Å². The lowest BCUT2D eigenvalue weighted by molar-refractivity contribution is 0.0697. The molecule has 1 aromatic heterocycles. The normalized spacial score (nSPS) is 15.3. The van der Waals surface area contributed by atoms with Crippen LogP contribution in [0.1, 0.15) is 53.3 Å². The molecule has 116 valence electrons. The Balaban J connectivity index is 1.55. The zero-order valence-electron chi connectivity index (χ0n) is 12.5. The van der Waals surface area contributed by atoms with Crippen molar-refractivity contribution in [2.75, 3.05) is 0 Å². The quantitative estimate of drug-likeness (QED) is 0.860. The van der Waals surface area contributed by atoms with E-state index in [1.54, 1.807) is 12.1 Å². The molecule has 1 aliphatic rings. The number of carboxylic acids is 1. The van der Waals surface area contributed by atoms with Gasteiger partial charge in [0.05, 0.1) is 17.3 Å². The molecular weight excluding hydrogens is 278 g/mol. The average Bonchev–Trinajstić information content (AvgIpc) is 3.18. The second-order valence-corrected chi connectivity index (χ2v) is 5.81. The molecular formula is C17H21N3O2. The van der Waals surface area contributed by atoms with Crippen LogP contribution in [0, 0.1) is 0 Å². The molecule has 5 heteroatoms. The van der Waals surface area contributed by atoms with E-state index in [1.165, 1.54) is 31.4 Å².